The van der Waals surface area contributed by atoms with Gasteiger partial charge in [0, 0.05) is 42.3 Å². The Bertz CT molecular complexity index is 2810. The van der Waals surface area contributed by atoms with Gasteiger partial charge in [-0.25, -0.2) is 9.97 Å². The van der Waals surface area contributed by atoms with Gasteiger partial charge in [0.15, 0.2) is 5.82 Å². The van der Waals surface area contributed by atoms with Crippen molar-refractivity contribution in [3.8, 4) is 67.3 Å². The second-order valence-electron chi connectivity index (χ2n) is 14.2. The molecule has 0 saturated carbocycles. The smallest absolute Gasteiger partial charge is 0.160 e. The van der Waals surface area contributed by atoms with Gasteiger partial charge in [-0.2, -0.15) is 0 Å². The third-order valence-corrected chi connectivity index (χ3v) is 11.8. The van der Waals surface area contributed by atoms with E-state index in [1.54, 1.807) is 0 Å². The molecule has 7 aromatic carbocycles. The predicted molar refractivity (Wildman–Crippen MR) is 220 cm³/mol. The number of hydrogen-bond donors (Lipinski definition) is 0. The van der Waals surface area contributed by atoms with Crippen LogP contribution in [0.5, 0.6) is 0 Å². The Morgan fingerprint density at radius 3 is 1.79 bits per heavy atom. The van der Waals surface area contributed by atoms with Crippen LogP contribution in [0.1, 0.15) is 25.0 Å². The van der Waals surface area contributed by atoms with Crippen molar-refractivity contribution in [1.29, 1.82) is 0 Å². The van der Waals surface area contributed by atoms with Crippen LogP contribution in [0.25, 0.3) is 87.5 Å². The number of hydrogen-bond acceptors (Lipinski definition) is 3. The van der Waals surface area contributed by atoms with Gasteiger partial charge < -0.3 is 0 Å². The van der Waals surface area contributed by atoms with Gasteiger partial charge >= 0.3 is 0 Å². The molecule has 3 heteroatoms. The van der Waals surface area contributed by atoms with E-state index in [0.29, 0.717) is 5.82 Å². The van der Waals surface area contributed by atoms with Gasteiger partial charge in [0.2, 0.25) is 0 Å². The fraction of sp³-hybridized carbons (Fsp3) is 0.0612. The lowest BCUT2D eigenvalue weighted by Gasteiger charge is -2.22. The van der Waals surface area contributed by atoms with Gasteiger partial charge in [-0.05, 0) is 93.0 Å². The van der Waals surface area contributed by atoms with E-state index in [0.717, 1.165) is 39.2 Å². The first-order valence-corrected chi connectivity index (χ1v) is 18.6. The Morgan fingerprint density at radius 1 is 0.385 bits per heavy atom. The Hall–Kier alpha value is -6.16. The van der Waals surface area contributed by atoms with Gasteiger partial charge in [-0.3, -0.25) is 0 Å². The number of benzene rings is 7. The minimum Gasteiger partial charge on any atom is -0.228 e. The maximum Gasteiger partial charge on any atom is 0.160 e. The highest BCUT2D eigenvalue weighted by molar-refractivity contribution is 7.25. The number of nitrogens with zero attached hydrogens (tertiary/aromatic N) is 2. The number of rotatable bonds is 5. The van der Waals surface area contributed by atoms with Crippen molar-refractivity contribution in [3.05, 3.63) is 181 Å². The summed E-state index contributed by atoms with van der Waals surface area (Å²) >= 11 is 1.85. The first-order valence-electron chi connectivity index (χ1n) is 17.8. The van der Waals surface area contributed by atoms with Crippen LogP contribution in [0.15, 0.2) is 170 Å². The fourth-order valence-corrected chi connectivity index (χ4v) is 9.05. The summed E-state index contributed by atoms with van der Waals surface area (Å²) in [6, 6.07) is 61.3. The molecule has 0 atom stereocenters. The van der Waals surface area contributed by atoms with E-state index in [1.165, 1.54) is 53.6 Å². The first kappa shape index (κ1) is 30.6. The highest BCUT2D eigenvalue weighted by atomic mass is 32.1. The van der Waals surface area contributed by atoms with Crippen LogP contribution >= 0.6 is 11.3 Å². The number of aromatic nitrogens is 2. The molecule has 52 heavy (non-hydrogen) atoms. The molecule has 1 aliphatic carbocycles. The molecule has 1 aliphatic rings. The molecule has 0 unspecified atom stereocenters. The van der Waals surface area contributed by atoms with Gasteiger partial charge in [0.25, 0.3) is 0 Å². The second-order valence-corrected chi connectivity index (χ2v) is 15.3. The summed E-state index contributed by atoms with van der Waals surface area (Å²) in [6.07, 6.45) is 0. The van der Waals surface area contributed by atoms with Crippen molar-refractivity contribution in [2.24, 2.45) is 0 Å². The van der Waals surface area contributed by atoms with Crippen molar-refractivity contribution in [3.63, 3.8) is 0 Å². The zero-order valence-corrected chi connectivity index (χ0v) is 29.8. The highest BCUT2D eigenvalue weighted by Gasteiger charge is 2.35. The predicted octanol–water partition coefficient (Wildman–Crippen LogP) is 13.5. The Morgan fingerprint density at radius 2 is 0.981 bits per heavy atom. The molecule has 0 aliphatic heterocycles. The zero-order valence-electron chi connectivity index (χ0n) is 29.0. The third-order valence-electron chi connectivity index (χ3n) is 10.7. The number of thiophene rings is 1. The summed E-state index contributed by atoms with van der Waals surface area (Å²) in [6.45, 7) is 4.66. The van der Waals surface area contributed by atoms with E-state index in [-0.39, 0.29) is 5.41 Å². The molecule has 0 bridgehead atoms. The SMILES string of the molecule is CC1(C)c2ccccc2-c2ccc(-c3cc(-c4cc(-c5ccccc5)cc(-c5ccc6sc7ccccc7c6c5)c4)nc(-c4ccccc4)n3)cc21. The van der Waals surface area contributed by atoms with Crippen LogP contribution in [0.4, 0.5) is 0 Å². The molecule has 0 N–H and O–H groups in total. The topological polar surface area (TPSA) is 25.8 Å². The van der Waals surface area contributed by atoms with Crippen molar-refractivity contribution < 1.29 is 0 Å². The van der Waals surface area contributed by atoms with Crippen molar-refractivity contribution in [2.75, 3.05) is 0 Å². The largest absolute Gasteiger partial charge is 0.228 e. The van der Waals surface area contributed by atoms with E-state index in [4.69, 9.17) is 9.97 Å². The van der Waals surface area contributed by atoms with Crippen molar-refractivity contribution in [2.45, 2.75) is 19.3 Å². The fourth-order valence-electron chi connectivity index (χ4n) is 7.97. The molecule has 0 saturated heterocycles. The highest BCUT2D eigenvalue weighted by Crippen LogP contribution is 2.49. The van der Waals surface area contributed by atoms with Gasteiger partial charge in [0.1, 0.15) is 0 Å². The average Bonchev–Trinajstić information content (AvgIpc) is 3.69. The van der Waals surface area contributed by atoms with E-state index >= 15 is 0 Å². The van der Waals surface area contributed by atoms with E-state index in [2.05, 4.69) is 178 Å². The summed E-state index contributed by atoms with van der Waals surface area (Å²) in [7, 11) is 0. The van der Waals surface area contributed by atoms with Crippen LogP contribution < -0.4 is 0 Å². The molecule has 9 aromatic rings. The summed E-state index contributed by atoms with van der Waals surface area (Å²) in [5.74, 6) is 0.717. The van der Waals surface area contributed by atoms with Gasteiger partial charge in [0.05, 0.1) is 11.4 Å². The summed E-state index contributed by atoms with van der Waals surface area (Å²) < 4.78 is 2.62. The third kappa shape index (κ3) is 5.08. The monoisotopic (exact) mass is 682 g/mol. The van der Waals surface area contributed by atoms with E-state index in [1.807, 2.05) is 17.4 Å². The van der Waals surface area contributed by atoms with Crippen LogP contribution in [-0.4, -0.2) is 9.97 Å². The molecule has 2 nitrogen and oxygen atoms in total. The van der Waals surface area contributed by atoms with E-state index in [9.17, 15) is 0 Å². The van der Waals surface area contributed by atoms with Crippen molar-refractivity contribution >= 4 is 31.5 Å². The van der Waals surface area contributed by atoms with Crippen molar-refractivity contribution in [1.82, 2.24) is 9.97 Å². The molecule has 0 fully saturated rings. The van der Waals surface area contributed by atoms with Crippen LogP contribution in [0.2, 0.25) is 0 Å². The van der Waals surface area contributed by atoms with Crippen LogP contribution in [-0.2, 0) is 5.41 Å². The summed E-state index contributed by atoms with van der Waals surface area (Å²) in [5, 5.41) is 2.60. The molecule has 0 radical (unpaired) electrons. The maximum absolute atomic E-state index is 5.28. The minimum absolute atomic E-state index is 0.103. The molecule has 10 rings (SSSR count). The summed E-state index contributed by atoms with van der Waals surface area (Å²) in [4.78, 5) is 10.5. The van der Waals surface area contributed by atoms with E-state index < -0.39 is 0 Å². The molecule has 2 aromatic heterocycles. The lowest BCUT2D eigenvalue weighted by Crippen LogP contribution is -2.14. The molecule has 0 spiro atoms. The second kappa shape index (κ2) is 12.0. The quantitative estimate of drug-likeness (QED) is 0.181. The lowest BCUT2D eigenvalue weighted by molar-refractivity contribution is 0.660. The molecular weight excluding hydrogens is 649 g/mol. The lowest BCUT2D eigenvalue weighted by atomic mass is 9.82. The normalized spacial score (nSPS) is 13.0. The standard InChI is InChI=1S/C49H34N2S/c1-49(2)42-19-11-9-17-38(42)39-23-21-34(29-43(39)49)44-30-45(51-48(50-44)32-15-7-4-8-16-32)37-26-35(31-13-5-3-6-14-31)25-36(27-37)33-22-24-47-41(28-33)40-18-10-12-20-46(40)52-47/h3-30H,1-2H3. The Balaban J connectivity index is 1.17. The van der Waals surface area contributed by atoms with Crippen LogP contribution in [0, 0.1) is 0 Å². The molecular formula is C49H34N2S. The molecule has 0 amide bonds. The number of fused-ring (bicyclic) bond motifs is 6. The Labute approximate surface area is 307 Å². The zero-order chi connectivity index (χ0) is 34.8. The van der Waals surface area contributed by atoms with Gasteiger partial charge in [-0.1, -0.05) is 135 Å². The maximum atomic E-state index is 5.28. The first-order chi connectivity index (χ1) is 25.5. The Kier molecular flexibility index (Phi) is 7.06. The minimum atomic E-state index is -0.103. The average molecular weight is 683 g/mol. The van der Waals surface area contributed by atoms with Gasteiger partial charge in [-0.15, -0.1) is 11.3 Å². The summed E-state index contributed by atoms with van der Waals surface area (Å²) in [5.41, 5.74) is 14.8. The molecule has 246 valence electrons. The molecule has 2 heterocycles. The van der Waals surface area contributed by atoms with Crippen LogP contribution in [0.3, 0.4) is 0 Å².